The zero-order valence-electron chi connectivity index (χ0n) is 7.70. The molecule has 0 spiro atoms. The van der Waals surface area contributed by atoms with E-state index in [0.29, 0.717) is 6.04 Å². The Morgan fingerprint density at radius 2 is 2.07 bits per heavy atom. The maximum absolute atomic E-state index is 6.18. The van der Waals surface area contributed by atoms with Gasteiger partial charge in [-0.1, -0.05) is 11.6 Å². The molecule has 3 heteroatoms. The van der Waals surface area contributed by atoms with E-state index >= 15 is 0 Å². The van der Waals surface area contributed by atoms with Gasteiger partial charge in [-0.15, -0.1) is 0 Å². The Balaban J connectivity index is 2.32. The molecule has 1 aliphatic carbocycles. The second-order valence-corrected chi connectivity index (χ2v) is 4.27. The van der Waals surface area contributed by atoms with Crippen LogP contribution in [-0.4, -0.2) is 4.57 Å². The SMILES string of the molecule is Nc1ccc2c(c1)cc(Cl)n2C1CC1. The molecule has 14 heavy (non-hydrogen) atoms. The fraction of sp³-hybridized carbons (Fsp3) is 0.273. The Hall–Kier alpha value is -1.15. The van der Waals surface area contributed by atoms with Crippen molar-refractivity contribution < 1.29 is 0 Å². The van der Waals surface area contributed by atoms with E-state index in [1.165, 1.54) is 18.4 Å². The zero-order valence-corrected chi connectivity index (χ0v) is 8.46. The number of halogens is 1. The van der Waals surface area contributed by atoms with Crippen LogP contribution in [0.1, 0.15) is 18.9 Å². The lowest BCUT2D eigenvalue weighted by atomic mass is 10.2. The largest absolute Gasteiger partial charge is 0.399 e. The zero-order chi connectivity index (χ0) is 9.71. The van der Waals surface area contributed by atoms with Crippen LogP contribution in [0.25, 0.3) is 10.9 Å². The molecule has 0 radical (unpaired) electrons. The maximum atomic E-state index is 6.18. The molecule has 0 unspecified atom stereocenters. The summed E-state index contributed by atoms with van der Waals surface area (Å²) >= 11 is 6.18. The van der Waals surface area contributed by atoms with Crippen molar-refractivity contribution in [2.45, 2.75) is 18.9 Å². The van der Waals surface area contributed by atoms with Gasteiger partial charge >= 0.3 is 0 Å². The van der Waals surface area contributed by atoms with Crippen LogP contribution in [0.2, 0.25) is 5.15 Å². The fourth-order valence-electron chi connectivity index (χ4n) is 1.92. The molecular formula is C11H11ClN2. The van der Waals surface area contributed by atoms with E-state index in [0.717, 1.165) is 16.2 Å². The van der Waals surface area contributed by atoms with Crippen LogP contribution in [0.5, 0.6) is 0 Å². The van der Waals surface area contributed by atoms with Gasteiger partial charge in [0.15, 0.2) is 0 Å². The Labute approximate surface area is 87.3 Å². The Morgan fingerprint density at radius 1 is 1.29 bits per heavy atom. The highest BCUT2D eigenvalue weighted by Gasteiger charge is 2.26. The van der Waals surface area contributed by atoms with E-state index in [-0.39, 0.29) is 0 Å². The van der Waals surface area contributed by atoms with E-state index in [2.05, 4.69) is 10.6 Å². The summed E-state index contributed by atoms with van der Waals surface area (Å²) in [5.41, 5.74) is 7.72. The van der Waals surface area contributed by atoms with Gasteiger partial charge in [0.05, 0.1) is 0 Å². The van der Waals surface area contributed by atoms with Gasteiger partial charge in [-0.3, -0.25) is 0 Å². The number of benzene rings is 1. The minimum absolute atomic E-state index is 0.614. The molecular weight excluding hydrogens is 196 g/mol. The van der Waals surface area contributed by atoms with Gasteiger partial charge in [-0.05, 0) is 37.1 Å². The third-order valence-electron chi connectivity index (χ3n) is 2.73. The molecule has 1 aliphatic rings. The third kappa shape index (κ3) is 1.11. The van der Waals surface area contributed by atoms with Crippen LogP contribution < -0.4 is 5.73 Å². The highest BCUT2D eigenvalue weighted by Crippen LogP contribution is 2.41. The van der Waals surface area contributed by atoms with Crippen molar-refractivity contribution >= 4 is 28.2 Å². The lowest BCUT2D eigenvalue weighted by Crippen LogP contribution is -1.92. The van der Waals surface area contributed by atoms with E-state index in [1.807, 2.05) is 18.2 Å². The molecule has 2 aromatic rings. The van der Waals surface area contributed by atoms with Gasteiger partial charge in [-0.25, -0.2) is 0 Å². The first-order chi connectivity index (χ1) is 6.75. The van der Waals surface area contributed by atoms with Crippen molar-refractivity contribution in [3.05, 3.63) is 29.4 Å². The molecule has 2 nitrogen and oxygen atoms in total. The number of aromatic nitrogens is 1. The predicted molar refractivity (Wildman–Crippen MR) is 59.6 cm³/mol. The van der Waals surface area contributed by atoms with Crippen LogP contribution >= 0.6 is 11.6 Å². The molecule has 0 saturated heterocycles. The van der Waals surface area contributed by atoms with Crippen molar-refractivity contribution in [2.24, 2.45) is 0 Å². The minimum atomic E-state index is 0.614. The van der Waals surface area contributed by atoms with Crippen LogP contribution in [0.15, 0.2) is 24.3 Å². The lowest BCUT2D eigenvalue weighted by molar-refractivity contribution is 0.777. The average molecular weight is 207 g/mol. The molecule has 0 amide bonds. The molecule has 0 aliphatic heterocycles. The fourth-order valence-corrected chi connectivity index (χ4v) is 2.27. The van der Waals surface area contributed by atoms with Gasteiger partial charge < -0.3 is 10.3 Å². The van der Waals surface area contributed by atoms with Crippen molar-refractivity contribution in [3.8, 4) is 0 Å². The van der Waals surface area contributed by atoms with Gasteiger partial charge in [0.25, 0.3) is 0 Å². The summed E-state index contributed by atoms with van der Waals surface area (Å²) in [6, 6.07) is 8.56. The van der Waals surface area contributed by atoms with E-state index in [1.54, 1.807) is 0 Å². The molecule has 3 rings (SSSR count). The van der Waals surface area contributed by atoms with Crippen molar-refractivity contribution in [1.82, 2.24) is 4.57 Å². The Bertz CT molecular complexity index is 497. The molecule has 1 aromatic carbocycles. The highest BCUT2D eigenvalue weighted by molar-refractivity contribution is 6.31. The standard InChI is InChI=1S/C11H11ClN2/c12-11-6-7-5-8(13)1-4-10(7)14(11)9-2-3-9/h1,4-6,9H,2-3,13H2. The Kier molecular flexibility index (Phi) is 1.56. The summed E-state index contributed by atoms with van der Waals surface area (Å²) in [5, 5.41) is 1.97. The summed E-state index contributed by atoms with van der Waals surface area (Å²) in [4.78, 5) is 0. The second-order valence-electron chi connectivity index (χ2n) is 3.89. The summed E-state index contributed by atoms with van der Waals surface area (Å²) in [6.07, 6.45) is 2.49. The lowest BCUT2D eigenvalue weighted by Gasteiger charge is -2.04. The number of nitrogens with two attached hydrogens (primary N) is 1. The first-order valence-corrected chi connectivity index (χ1v) is 5.19. The molecule has 1 saturated carbocycles. The van der Waals surface area contributed by atoms with Gasteiger partial charge in [-0.2, -0.15) is 0 Å². The predicted octanol–water partition coefficient (Wildman–Crippen LogP) is 3.21. The topological polar surface area (TPSA) is 30.9 Å². The second kappa shape index (κ2) is 2.67. The smallest absolute Gasteiger partial charge is 0.110 e. The van der Waals surface area contributed by atoms with Crippen molar-refractivity contribution in [2.75, 3.05) is 5.73 Å². The van der Waals surface area contributed by atoms with E-state index < -0.39 is 0 Å². The number of hydrogen-bond donors (Lipinski definition) is 1. The van der Waals surface area contributed by atoms with Gasteiger partial charge in [0.1, 0.15) is 5.15 Å². The van der Waals surface area contributed by atoms with Gasteiger partial charge in [0, 0.05) is 22.6 Å². The minimum Gasteiger partial charge on any atom is -0.399 e. The van der Waals surface area contributed by atoms with E-state index in [9.17, 15) is 0 Å². The molecule has 1 aromatic heterocycles. The number of nitrogen functional groups attached to an aromatic ring is 1. The molecule has 0 atom stereocenters. The maximum Gasteiger partial charge on any atom is 0.110 e. The summed E-state index contributed by atoms with van der Waals surface area (Å²) in [7, 11) is 0. The van der Waals surface area contributed by atoms with Crippen molar-refractivity contribution in [3.63, 3.8) is 0 Å². The van der Waals surface area contributed by atoms with Crippen LogP contribution in [0.4, 0.5) is 5.69 Å². The first kappa shape index (κ1) is 8.18. The average Bonchev–Trinajstić information content (AvgIpc) is 2.89. The van der Waals surface area contributed by atoms with Crippen LogP contribution in [0, 0.1) is 0 Å². The molecule has 72 valence electrons. The number of nitrogens with zero attached hydrogens (tertiary/aromatic N) is 1. The third-order valence-corrected chi connectivity index (χ3v) is 3.02. The number of hydrogen-bond acceptors (Lipinski definition) is 1. The molecule has 2 N–H and O–H groups in total. The number of anilines is 1. The summed E-state index contributed by atoms with van der Waals surface area (Å²) < 4.78 is 2.20. The highest BCUT2D eigenvalue weighted by atomic mass is 35.5. The van der Waals surface area contributed by atoms with E-state index in [4.69, 9.17) is 17.3 Å². The summed E-state index contributed by atoms with van der Waals surface area (Å²) in [5.74, 6) is 0. The monoisotopic (exact) mass is 206 g/mol. The molecule has 0 bridgehead atoms. The number of fused-ring (bicyclic) bond motifs is 1. The number of rotatable bonds is 1. The van der Waals surface area contributed by atoms with Crippen LogP contribution in [0.3, 0.4) is 0 Å². The van der Waals surface area contributed by atoms with Crippen molar-refractivity contribution in [1.29, 1.82) is 0 Å². The Morgan fingerprint density at radius 3 is 2.79 bits per heavy atom. The quantitative estimate of drug-likeness (QED) is 0.714. The molecule has 1 heterocycles. The molecule has 1 fully saturated rings. The summed E-state index contributed by atoms with van der Waals surface area (Å²) in [6.45, 7) is 0. The first-order valence-electron chi connectivity index (χ1n) is 4.81. The van der Waals surface area contributed by atoms with Gasteiger partial charge in [0.2, 0.25) is 0 Å². The van der Waals surface area contributed by atoms with Crippen LogP contribution in [-0.2, 0) is 0 Å². The normalized spacial score (nSPS) is 16.4.